The zero-order valence-electron chi connectivity index (χ0n) is 15.6. The molecule has 0 fully saturated rings. The van der Waals surface area contributed by atoms with E-state index in [2.05, 4.69) is 22.2 Å². The second-order valence-corrected chi connectivity index (χ2v) is 6.31. The minimum atomic E-state index is -0.632. The van der Waals surface area contributed by atoms with E-state index in [4.69, 9.17) is 20.8 Å². The second kappa shape index (κ2) is 9.89. The minimum absolute atomic E-state index is 0.0290. The van der Waals surface area contributed by atoms with Crippen LogP contribution in [0.2, 0.25) is 5.02 Å². The third-order valence-corrected chi connectivity index (χ3v) is 3.95. The lowest BCUT2D eigenvalue weighted by Gasteiger charge is -2.10. The van der Waals surface area contributed by atoms with Crippen molar-refractivity contribution in [1.29, 1.82) is 0 Å². The smallest absolute Gasteiger partial charge is 0.289 e. The Bertz CT molecular complexity index is 882. The van der Waals surface area contributed by atoms with Crippen LogP contribution >= 0.6 is 11.6 Å². The summed E-state index contributed by atoms with van der Waals surface area (Å²) in [6.07, 6.45) is 0.919. The van der Waals surface area contributed by atoms with Crippen molar-refractivity contribution in [2.75, 3.05) is 13.2 Å². The molecule has 0 aliphatic rings. The molecule has 0 aliphatic heterocycles. The number of rotatable bonds is 9. The van der Waals surface area contributed by atoms with Crippen LogP contribution in [0.3, 0.4) is 0 Å². The summed E-state index contributed by atoms with van der Waals surface area (Å²) in [6.45, 7) is 7.24. The highest BCUT2D eigenvalue weighted by Crippen LogP contribution is 2.20. The van der Waals surface area contributed by atoms with Gasteiger partial charge in [0.1, 0.15) is 11.6 Å². The first-order valence-corrected chi connectivity index (χ1v) is 8.98. The van der Waals surface area contributed by atoms with Gasteiger partial charge in [-0.25, -0.2) is 9.37 Å². The molecule has 150 valence electrons. The van der Waals surface area contributed by atoms with Gasteiger partial charge in [0.25, 0.3) is 11.8 Å². The number of hydrogen-bond donors (Lipinski definition) is 2. The lowest BCUT2D eigenvalue weighted by atomic mass is 10.3. The van der Waals surface area contributed by atoms with Crippen molar-refractivity contribution in [1.82, 2.24) is 15.6 Å². The number of amides is 2. The Morgan fingerprint density at radius 1 is 1.39 bits per heavy atom. The Labute approximate surface area is 166 Å². The van der Waals surface area contributed by atoms with Gasteiger partial charge in [-0.15, -0.1) is 0 Å². The molecule has 0 saturated carbocycles. The predicted octanol–water partition coefficient (Wildman–Crippen LogP) is 3.17. The Morgan fingerprint density at radius 2 is 2.14 bits per heavy atom. The molecule has 0 spiro atoms. The van der Waals surface area contributed by atoms with Gasteiger partial charge in [0.2, 0.25) is 5.76 Å². The fourth-order valence-corrected chi connectivity index (χ4v) is 2.35. The van der Waals surface area contributed by atoms with Gasteiger partial charge in [0.05, 0.1) is 10.7 Å². The number of carbonyl (C=O) groups excluding carboxylic acids is 2. The van der Waals surface area contributed by atoms with E-state index >= 15 is 0 Å². The first-order valence-electron chi connectivity index (χ1n) is 8.60. The Hall–Kier alpha value is -2.87. The lowest BCUT2D eigenvalue weighted by molar-refractivity contribution is -0.122. The molecule has 2 rings (SSSR count). The number of carbonyl (C=O) groups is 2. The molecule has 1 aromatic heterocycles. The molecule has 28 heavy (non-hydrogen) atoms. The van der Waals surface area contributed by atoms with Gasteiger partial charge in [-0.3, -0.25) is 9.59 Å². The maximum atomic E-state index is 13.3. The number of aryl methyl sites for hydroxylation is 2. The Balaban J connectivity index is 1.71. The maximum Gasteiger partial charge on any atom is 0.289 e. The number of aromatic nitrogens is 1. The van der Waals surface area contributed by atoms with E-state index in [1.54, 1.807) is 6.92 Å². The molecule has 9 heteroatoms. The van der Waals surface area contributed by atoms with E-state index in [0.717, 1.165) is 6.07 Å². The van der Waals surface area contributed by atoms with E-state index < -0.39 is 11.7 Å². The monoisotopic (exact) mass is 409 g/mol. The molecule has 0 radical (unpaired) electrons. The first kappa shape index (κ1) is 21.4. The SMILES string of the molecule is C=C(CCNC(=O)c1oc(CC)nc1C)NC(=O)COc1ccc(Cl)c(F)c1. The average molecular weight is 410 g/mol. The minimum Gasteiger partial charge on any atom is -0.484 e. The topological polar surface area (TPSA) is 93.5 Å². The van der Waals surface area contributed by atoms with Crippen LogP contribution in [0, 0.1) is 12.7 Å². The fraction of sp³-hybridized carbons (Fsp3) is 0.316. The van der Waals surface area contributed by atoms with Crippen LogP contribution < -0.4 is 15.4 Å². The quantitative estimate of drug-likeness (QED) is 0.663. The highest BCUT2D eigenvalue weighted by molar-refractivity contribution is 6.30. The van der Waals surface area contributed by atoms with Gasteiger partial charge in [0.15, 0.2) is 12.5 Å². The third-order valence-electron chi connectivity index (χ3n) is 3.64. The number of nitrogens with zero attached hydrogens (tertiary/aromatic N) is 1. The van der Waals surface area contributed by atoms with Gasteiger partial charge in [-0.1, -0.05) is 25.1 Å². The molecule has 2 N–H and O–H groups in total. The second-order valence-electron chi connectivity index (χ2n) is 5.90. The van der Waals surface area contributed by atoms with Crippen molar-refractivity contribution < 1.29 is 23.1 Å². The standard InChI is InChI=1S/C19H21ClFN3O4/c1-4-17-24-12(3)18(28-17)19(26)22-8-7-11(2)23-16(25)10-27-13-5-6-14(20)15(21)9-13/h5-6,9H,2,4,7-8,10H2,1,3H3,(H,22,26)(H,23,25). The fourth-order valence-electron chi connectivity index (χ4n) is 2.23. The van der Waals surface area contributed by atoms with E-state index in [9.17, 15) is 14.0 Å². The Morgan fingerprint density at radius 3 is 2.79 bits per heavy atom. The molecule has 0 atom stereocenters. The number of benzene rings is 1. The van der Waals surface area contributed by atoms with E-state index in [1.165, 1.54) is 12.1 Å². The van der Waals surface area contributed by atoms with Crippen LogP contribution in [0.25, 0.3) is 0 Å². The van der Waals surface area contributed by atoms with Crippen molar-refractivity contribution in [3.8, 4) is 5.75 Å². The van der Waals surface area contributed by atoms with Gasteiger partial charge >= 0.3 is 0 Å². The number of hydrogen-bond acceptors (Lipinski definition) is 5. The molecule has 0 aliphatic carbocycles. The van der Waals surface area contributed by atoms with Crippen LogP contribution in [0.1, 0.15) is 35.5 Å². The normalized spacial score (nSPS) is 10.4. The predicted molar refractivity (Wildman–Crippen MR) is 102 cm³/mol. The lowest BCUT2D eigenvalue weighted by Crippen LogP contribution is -2.31. The van der Waals surface area contributed by atoms with E-state index in [1.807, 2.05) is 6.92 Å². The molecule has 0 saturated heterocycles. The van der Waals surface area contributed by atoms with Crippen LogP contribution in [-0.4, -0.2) is 29.9 Å². The molecule has 2 amide bonds. The summed E-state index contributed by atoms with van der Waals surface area (Å²) < 4.78 is 23.9. The molecule has 7 nitrogen and oxygen atoms in total. The first-order chi connectivity index (χ1) is 13.3. The van der Waals surface area contributed by atoms with Crippen LogP contribution in [0.4, 0.5) is 4.39 Å². The summed E-state index contributed by atoms with van der Waals surface area (Å²) >= 11 is 5.58. The number of halogens is 2. The average Bonchev–Trinajstić information content (AvgIpc) is 3.03. The maximum absolute atomic E-state index is 13.3. The van der Waals surface area contributed by atoms with Crippen molar-refractivity contribution in [2.24, 2.45) is 0 Å². The van der Waals surface area contributed by atoms with Crippen LogP contribution in [0.15, 0.2) is 34.9 Å². The number of ether oxygens (including phenoxy) is 1. The highest BCUT2D eigenvalue weighted by Gasteiger charge is 2.16. The number of oxazole rings is 1. The summed E-state index contributed by atoms with van der Waals surface area (Å²) in [7, 11) is 0. The zero-order chi connectivity index (χ0) is 20.7. The van der Waals surface area contributed by atoms with Crippen LogP contribution in [-0.2, 0) is 11.2 Å². The van der Waals surface area contributed by atoms with Crippen molar-refractivity contribution in [2.45, 2.75) is 26.7 Å². The highest BCUT2D eigenvalue weighted by atomic mass is 35.5. The van der Waals surface area contributed by atoms with Gasteiger partial charge in [0, 0.05) is 31.1 Å². The van der Waals surface area contributed by atoms with Crippen molar-refractivity contribution in [3.05, 3.63) is 58.7 Å². The van der Waals surface area contributed by atoms with E-state index in [-0.39, 0.29) is 35.6 Å². The summed E-state index contributed by atoms with van der Waals surface area (Å²) in [5.41, 5.74) is 0.928. The van der Waals surface area contributed by atoms with Gasteiger partial charge < -0.3 is 19.8 Å². The van der Waals surface area contributed by atoms with Crippen LogP contribution in [0.5, 0.6) is 5.75 Å². The molecule has 0 bridgehead atoms. The Kier molecular flexibility index (Phi) is 7.57. The number of nitrogens with one attached hydrogen (secondary N) is 2. The summed E-state index contributed by atoms with van der Waals surface area (Å²) in [5.74, 6) is -0.603. The third kappa shape index (κ3) is 6.09. The van der Waals surface area contributed by atoms with Crippen molar-refractivity contribution in [3.63, 3.8) is 0 Å². The molecule has 1 aromatic carbocycles. The molecular weight excluding hydrogens is 389 g/mol. The molecule has 0 unspecified atom stereocenters. The summed E-state index contributed by atoms with van der Waals surface area (Å²) in [5, 5.41) is 5.20. The van der Waals surface area contributed by atoms with Gasteiger partial charge in [-0.05, 0) is 19.1 Å². The van der Waals surface area contributed by atoms with Crippen molar-refractivity contribution >= 4 is 23.4 Å². The molecular formula is C19H21ClFN3O4. The van der Waals surface area contributed by atoms with Gasteiger partial charge in [-0.2, -0.15) is 0 Å². The molecule has 1 heterocycles. The summed E-state index contributed by atoms with van der Waals surface area (Å²) in [4.78, 5) is 28.1. The molecule has 2 aromatic rings. The summed E-state index contributed by atoms with van der Waals surface area (Å²) in [6, 6.07) is 3.89. The van der Waals surface area contributed by atoms with E-state index in [0.29, 0.717) is 30.1 Å². The largest absolute Gasteiger partial charge is 0.484 e. The zero-order valence-corrected chi connectivity index (χ0v) is 16.4.